The molecule has 0 atom stereocenters. The smallest absolute Gasteiger partial charge is 0.245 e. The summed E-state index contributed by atoms with van der Waals surface area (Å²) < 4.78 is 0. The molecule has 0 unspecified atom stereocenters. The summed E-state index contributed by atoms with van der Waals surface area (Å²) in [5.41, 5.74) is 0. The molecule has 0 spiro atoms. The quantitative estimate of drug-likeness (QED) is 0.558. The minimum Gasteiger partial charge on any atom is -0.345 e. The zero-order chi connectivity index (χ0) is 10.6. The molecule has 0 rings (SSSR count). The molecule has 0 radical (unpaired) electrons. The molecular formula is C10H23NO. The van der Waals surface area contributed by atoms with Crippen LogP contribution < -0.4 is 0 Å². The van der Waals surface area contributed by atoms with Gasteiger partial charge in [-0.05, 0) is 13.0 Å². The largest absolute Gasteiger partial charge is 0.345 e. The molecule has 0 aliphatic rings. The van der Waals surface area contributed by atoms with Gasteiger partial charge in [-0.3, -0.25) is 4.79 Å². The molecule has 74 valence electrons. The van der Waals surface area contributed by atoms with Gasteiger partial charge in [-0.15, -0.1) is 0 Å². The molecule has 0 aliphatic heterocycles. The van der Waals surface area contributed by atoms with Crippen molar-refractivity contribution in [3.63, 3.8) is 0 Å². The van der Waals surface area contributed by atoms with E-state index < -0.39 is 0 Å². The highest BCUT2D eigenvalue weighted by Crippen LogP contribution is 1.78. The monoisotopic (exact) mass is 173 g/mol. The molecule has 0 fully saturated rings. The van der Waals surface area contributed by atoms with Gasteiger partial charge in [0.1, 0.15) is 0 Å². The van der Waals surface area contributed by atoms with E-state index >= 15 is 0 Å². The van der Waals surface area contributed by atoms with Crippen LogP contribution in [0.2, 0.25) is 0 Å². The van der Waals surface area contributed by atoms with Crippen molar-refractivity contribution in [2.45, 2.75) is 34.6 Å². The number of allylic oxidation sites excluding steroid dienone is 1. The van der Waals surface area contributed by atoms with Crippen molar-refractivity contribution in [1.29, 1.82) is 0 Å². The molecule has 0 saturated heterocycles. The second kappa shape index (κ2) is 16.7. The maximum Gasteiger partial charge on any atom is 0.245 e. The third kappa shape index (κ3) is 16.1. The van der Waals surface area contributed by atoms with Crippen LogP contribution in [-0.2, 0) is 4.79 Å². The number of rotatable bonds is 1. The zero-order valence-corrected chi connectivity index (χ0v) is 9.51. The van der Waals surface area contributed by atoms with E-state index in [0.717, 1.165) is 0 Å². The molecule has 0 heterocycles. The second-order valence-electron chi connectivity index (χ2n) is 1.73. The molecule has 2 nitrogen and oxygen atoms in total. The van der Waals surface area contributed by atoms with Crippen molar-refractivity contribution >= 4 is 5.91 Å². The van der Waals surface area contributed by atoms with E-state index in [1.54, 1.807) is 20.2 Å². The van der Waals surface area contributed by atoms with Crippen LogP contribution in [0.3, 0.4) is 0 Å². The van der Waals surface area contributed by atoms with Crippen LogP contribution in [0.5, 0.6) is 0 Å². The van der Waals surface area contributed by atoms with Crippen LogP contribution in [0.15, 0.2) is 12.2 Å². The Morgan fingerprint density at radius 2 is 1.42 bits per heavy atom. The summed E-state index contributed by atoms with van der Waals surface area (Å²) in [5.74, 6) is 0.0347. The summed E-state index contributed by atoms with van der Waals surface area (Å²) in [5, 5.41) is 0. The van der Waals surface area contributed by atoms with E-state index in [4.69, 9.17) is 0 Å². The molecule has 2 heteroatoms. The van der Waals surface area contributed by atoms with Crippen LogP contribution in [0.4, 0.5) is 0 Å². The number of likely N-dealkylation sites (N-methyl/N-ethyl adjacent to an activating group) is 1. The van der Waals surface area contributed by atoms with Gasteiger partial charge < -0.3 is 4.90 Å². The van der Waals surface area contributed by atoms with Gasteiger partial charge in [-0.2, -0.15) is 0 Å². The molecule has 12 heavy (non-hydrogen) atoms. The molecule has 0 aromatic rings. The molecule has 0 bridgehead atoms. The first-order valence-corrected chi connectivity index (χ1v) is 4.52. The number of carbonyl (C=O) groups is 1. The second-order valence-corrected chi connectivity index (χ2v) is 1.73. The summed E-state index contributed by atoms with van der Waals surface area (Å²) in [4.78, 5) is 12.1. The van der Waals surface area contributed by atoms with Gasteiger partial charge >= 0.3 is 0 Å². The molecular weight excluding hydrogens is 150 g/mol. The third-order valence-electron chi connectivity index (χ3n) is 0.750. The maximum absolute atomic E-state index is 10.6. The van der Waals surface area contributed by atoms with E-state index in [0.29, 0.717) is 0 Å². The van der Waals surface area contributed by atoms with Crippen molar-refractivity contribution in [2.24, 2.45) is 0 Å². The Morgan fingerprint density at radius 3 is 1.50 bits per heavy atom. The molecule has 1 amide bonds. The van der Waals surface area contributed by atoms with Crippen molar-refractivity contribution in [3.05, 3.63) is 12.2 Å². The van der Waals surface area contributed by atoms with Crippen molar-refractivity contribution < 1.29 is 4.79 Å². The minimum absolute atomic E-state index is 0.0347. The first kappa shape index (κ1) is 17.3. The summed E-state index contributed by atoms with van der Waals surface area (Å²) >= 11 is 0. The third-order valence-corrected chi connectivity index (χ3v) is 0.750. The summed E-state index contributed by atoms with van der Waals surface area (Å²) in [6.07, 6.45) is 3.25. The lowest BCUT2D eigenvalue weighted by atomic mass is 10.5. The lowest BCUT2D eigenvalue weighted by molar-refractivity contribution is -0.123. The Balaban J connectivity index is -0.000000175. The fourth-order valence-electron chi connectivity index (χ4n) is 0.292. The zero-order valence-electron chi connectivity index (χ0n) is 9.51. The maximum atomic E-state index is 10.6. The summed E-state index contributed by atoms with van der Waals surface area (Å²) in [6.45, 7) is 9.82. The topological polar surface area (TPSA) is 20.3 Å². The predicted octanol–water partition coefficient (Wildman–Crippen LogP) is 2.70. The van der Waals surface area contributed by atoms with Gasteiger partial charge in [-0.25, -0.2) is 0 Å². The Bertz CT molecular complexity index is 106. The predicted molar refractivity (Wildman–Crippen MR) is 56.2 cm³/mol. The Labute approximate surface area is 77.3 Å². The molecule has 0 aromatic carbocycles. The van der Waals surface area contributed by atoms with E-state index in [1.165, 1.54) is 11.0 Å². The van der Waals surface area contributed by atoms with E-state index in [-0.39, 0.29) is 5.91 Å². The highest BCUT2D eigenvalue weighted by atomic mass is 16.2. The van der Waals surface area contributed by atoms with Crippen LogP contribution in [-0.4, -0.2) is 24.9 Å². The van der Waals surface area contributed by atoms with Gasteiger partial charge in [0.2, 0.25) is 5.91 Å². The molecule has 0 saturated carbocycles. The summed E-state index contributed by atoms with van der Waals surface area (Å²) in [6, 6.07) is 0. The minimum atomic E-state index is 0.0347. The van der Waals surface area contributed by atoms with Crippen LogP contribution in [0, 0.1) is 0 Å². The average molecular weight is 173 g/mol. The van der Waals surface area contributed by atoms with Crippen LogP contribution in [0.1, 0.15) is 34.6 Å². The highest BCUT2D eigenvalue weighted by Gasteiger charge is 1.92. The van der Waals surface area contributed by atoms with Gasteiger partial charge in [0.15, 0.2) is 0 Å². The lowest BCUT2D eigenvalue weighted by Crippen LogP contribution is -2.18. The van der Waals surface area contributed by atoms with Gasteiger partial charge in [0, 0.05) is 14.1 Å². The Hall–Kier alpha value is -0.790. The Kier molecular flexibility index (Phi) is 24.1. The fourth-order valence-corrected chi connectivity index (χ4v) is 0.292. The number of hydrogen-bond acceptors (Lipinski definition) is 1. The Morgan fingerprint density at radius 1 is 1.08 bits per heavy atom. The standard InChI is InChI=1S/C6H11NO.2C2H6/c1-4-5-6(8)7(2)3;2*1-2/h4-5H,1-3H3;2*1-2H3/b5-4+;;. The van der Waals surface area contributed by atoms with Crippen molar-refractivity contribution in [3.8, 4) is 0 Å². The number of carbonyl (C=O) groups excluding carboxylic acids is 1. The van der Waals surface area contributed by atoms with Crippen molar-refractivity contribution in [1.82, 2.24) is 4.90 Å². The van der Waals surface area contributed by atoms with Gasteiger partial charge in [0.25, 0.3) is 0 Å². The fraction of sp³-hybridized carbons (Fsp3) is 0.700. The SMILES string of the molecule is C/C=C/C(=O)N(C)C.CC.CC. The number of hydrogen-bond donors (Lipinski definition) is 0. The normalized spacial score (nSPS) is 7.58. The highest BCUT2D eigenvalue weighted by molar-refractivity contribution is 5.86. The molecule has 0 aromatic heterocycles. The van der Waals surface area contributed by atoms with Crippen molar-refractivity contribution in [2.75, 3.05) is 14.1 Å². The number of amides is 1. The van der Waals surface area contributed by atoms with Gasteiger partial charge in [0.05, 0.1) is 0 Å². The van der Waals surface area contributed by atoms with E-state index in [9.17, 15) is 4.79 Å². The van der Waals surface area contributed by atoms with Crippen LogP contribution >= 0.6 is 0 Å². The van der Waals surface area contributed by atoms with Gasteiger partial charge in [-0.1, -0.05) is 33.8 Å². The number of nitrogens with zero attached hydrogens (tertiary/aromatic N) is 1. The molecule has 0 aliphatic carbocycles. The van der Waals surface area contributed by atoms with Crippen LogP contribution in [0.25, 0.3) is 0 Å². The molecule has 0 N–H and O–H groups in total. The summed E-state index contributed by atoms with van der Waals surface area (Å²) in [7, 11) is 3.45. The van der Waals surface area contributed by atoms with E-state index in [1.807, 2.05) is 34.6 Å². The first-order chi connectivity index (χ1) is 5.68. The first-order valence-electron chi connectivity index (χ1n) is 4.52. The lowest BCUT2D eigenvalue weighted by Gasteiger charge is -2.03. The average Bonchev–Trinajstić information content (AvgIpc) is 2.12. The van der Waals surface area contributed by atoms with E-state index in [2.05, 4.69) is 0 Å².